The van der Waals surface area contributed by atoms with Crippen molar-refractivity contribution >= 4 is 28.9 Å². The summed E-state index contributed by atoms with van der Waals surface area (Å²) in [6.45, 7) is 3.55. The zero-order chi connectivity index (χ0) is 20.4. The van der Waals surface area contributed by atoms with E-state index in [1.54, 1.807) is 56.7 Å². The summed E-state index contributed by atoms with van der Waals surface area (Å²) in [5, 5.41) is 5.73. The normalized spacial score (nSPS) is 10.1. The fraction of sp³-hybridized carbons (Fsp3) is 0.300. The number of benzene rings is 2. The number of hydrogen-bond acceptors (Lipinski definition) is 6. The first kappa shape index (κ1) is 21.5. The molecule has 2 rings (SSSR count). The Bertz CT molecular complexity index is 796. The molecule has 2 aromatic rings. The first-order chi connectivity index (χ1) is 13.6. The van der Waals surface area contributed by atoms with Gasteiger partial charge < -0.3 is 24.3 Å². The Morgan fingerprint density at radius 2 is 1.71 bits per heavy atom. The van der Waals surface area contributed by atoms with Crippen molar-refractivity contribution in [1.29, 1.82) is 0 Å². The quantitative estimate of drug-likeness (QED) is 0.491. The van der Waals surface area contributed by atoms with E-state index in [-0.39, 0.29) is 11.0 Å². The third-order valence-electron chi connectivity index (χ3n) is 3.70. The lowest BCUT2D eigenvalue weighted by atomic mass is 10.2. The highest BCUT2D eigenvalue weighted by molar-refractivity contribution is 7.80. The minimum atomic E-state index is -0.333. The van der Waals surface area contributed by atoms with Crippen molar-refractivity contribution in [3.05, 3.63) is 48.0 Å². The first-order valence-corrected chi connectivity index (χ1v) is 9.13. The van der Waals surface area contributed by atoms with Crippen LogP contribution in [0.1, 0.15) is 17.3 Å². The van der Waals surface area contributed by atoms with Crippen LogP contribution in [0.15, 0.2) is 42.5 Å². The molecular weight excluding hydrogens is 380 g/mol. The van der Waals surface area contributed by atoms with Gasteiger partial charge in [-0.2, -0.15) is 0 Å². The van der Waals surface area contributed by atoms with E-state index < -0.39 is 0 Å². The van der Waals surface area contributed by atoms with Crippen LogP contribution < -0.4 is 24.8 Å². The van der Waals surface area contributed by atoms with Gasteiger partial charge >= 0.3 is 0 Å². The van der Waals surface area contributed by atoms with Crippen molar-refractivity contribution in [3.8, 4) is 17.2 Å². The van der Waals surface area contributed by atoms with Crippen LogP contribution in [0, 0.1) is 0 Å². The molecule has 0 aliphatic rings. The first-order valence-electron chi connectivity index (χ1n) is 8.72. The number of hydrogen-bond donors (Lipinski definition) is 2. The van der Waals surface area contributed by atoms with Gasteiger partial charge in [-0.05, 0) is 55.5 Å². The van der Waals surface area contributed by atoms with Crippen molar-refractivity contribution in [3.63, 3.8) is 0 Å². The van der Waals surface area contributed by atoms with Gasteiger partial charge in [-0.25, -0.2) is 0 Å². The molecule has 7 nitrogen and oxygen atoms in total. The molecule has 0 saturated carbocycles. The second-order valence-corrected chi connectivity index (χ2v) is 5.95. The number of amides is 1. The molecule has 0 spiro atoms. The zero-order valence-corrected chi connectivity index (χ0v) is 16.9. The van der Waals surface area contributed by atoms with Gasteiger partial charge in [0.2, 0.25) is 0 Å². The van der Waals surface area contributed by atoms with Crippen molar-refractivity contribution in [2.75, 3.05) is 39.4 Å². The maximum absolute atomic E-state index is 12.4. The molecule has 1 amide bonds. The fourth-order valence-corrected chi connectivity index (χ4v) is 2.51. The second-order valence-electron chi connectivity index (χ2n) is 5.54. The molecule has 0 unspecified atom stereocenters. The average Bonchev–Trinajstić information content (AvgIpc) is 2.71. The third-order valence-corrected chi connectivity index (χ3v) is 3.90. The highest BCUT2D eigenvalue weighted by Crippen LogP contribution is 2.28. The minimum Gasteiger partial charge on any atom is -0.497 e. The largest absolute Gasteiger partial charge is 0.497 e. The van der Waals surface area contributed by atoms with Gasteiger partial charge in [0, 0.05) is 18.2 Å². The standard InChI is InChI=1S/C20H24N2O5S/c1-4-26-11-12-27-15-7-5-14(6-8-15)19(23)22-20(28)21-17-13-16(24-2)9-10-18(17)25-3/h5-10,13H,4,11-12H2,1-3H3,(H2,21,22,23,28). The third kappa shape index (κ3) is 6.40. The van der Waals surface area contributed by atoms with Gasteiger partial charge in [-0.1, -0.05) is 0 Å². The monoisotopic (exact) mass is 404 g/mol. The summed E-state index contributed by atoms with van der Waals surface area (Å²) in [5.41, 5.74) is 1.05. The predicted molar refractivity (Wildman–Crippen MR) is 112 cm³/mol. The highest BCUT2D eigenvalue weighted by atomic mass is 32.1. The van der Waals surface area contributed by atoms with Crippen LogP contribution in [-0.2, 0) is 4.74 Å². The molecule has 2 N–H and O–H groups in total. The summed E-state index contributed by atoms with van der Waals surface area (Å²) in [5.74, 6) is 1.54. The molecule has 0 saturated heterocycles. The Balaban J connectivity index is 1.92. The Morgan fingerprint density at radius 3 is 2.36 bits per heavy atom. The Labute approximate surface area is 169 Å². The fourth-order valence-electron chi connectivity index (χ4n) is 2.31. The molecule has 0 aromatic heterocycles. The molecule has 0 aliphatic heterocycles. The van der Waals surface area contributed by atoms with Crippen LogP contribution in [0.4, 0.5) is 5.69 Å². The Morgan fingerprint density at radius 1 is 1.00 bits per heavy atom. The predicted octanol–water partition coefficient (Wildman–Crippen LogP) is 3.25. The van der Waals surface area contributed by atoms with Crippen molar-refractivity contribution in [2.45, 2.75) is 6.92 Å². The van der Waals surface area contributed by atoms with Gasteiger partial charge in [0.15, 0.2) is 5.11 Å². The maximum Gasteiger partial charge on any atom is 0.257 e. The SMILES string of the molecule is CCOCCOc1ccc(C(=O)NC(=S)Nc2cc(OC)ccc2OC)cc1. The number of nitrogens with one attached hydrogen (secondary N) is 2. The Hall–Kier alpha value is -2.84. The van der Waals surface area contributed by atoms with Crippen LogP contribution in [0.5, 0.6) is 17.2 Å². The van der Waals surface area contributed by atoms with Crippen molar-refractivity contribution in [1.82, 2.24) is 5.32 Å². The second kappa shape index (κ2) is 11.1. The van der Waals surface area contributed by atoms with E-state index in [4.69, 9.17) is 31.2 Å². The van der Waals surface area contributed by atoms with E-state index in [2.05, 4.69) is 10.6 Å². The smallest absolute Gasteiger partial charge is 0.257 e. The molecule has 28 heavy (non-hydrogen) atoms. The number of ether oxygens (including phenoxy) is 4. The highest BCUT2D eigenvalue weighted by Gasteiger charge is 2.11. The molecule has 150 valence electrons. The number of rotatable bonds is 9. The average molecular weight is 404 g/mol. The number of carbonyl (C=O) groups excluding carboxylic acids is 1. The molecule has 0 aliphatic carbocycles. The lowest BCUT2D eigenvalue weighted by molar-refractivity contribution is 0.0977. The number of thiocarbonyl (C=S) groups is 1. The molecule has 0 fully saturated rings. The molecule has 2 aromatic carbocycles. The summed E-state index contributed by atoms with van der Waals surface area (Å²) >= 11 is 5.23. The lowest BCUT2D eigenvalue weighted by Crippen LogP contribution is -2.34. The Kier molecular flexibility index (Phi) is 8.51. The molecular formula is C20H24N2O5S. The van der Waals surface area contributed by atoms with Gasteiger partial charge in [0.05, 0.1) is 26.5 Å². The number of anilines is 1. The summed E-state index contributed by atoms with van der Waals surface area (Å²) in [7, 11) is 3.11. The van der Waals surface area contributed by atoms with E-state index in [1.807, 2.05) is 6.92 Å². The van der Waals surface area contributed by atoms with Crippen LogP contribution >= 0.6 is 12.2 Å². The van der Waals surface area contributed by atoms with E-state index in [0.29, 0.717) is 48.3 Å². The summed E-state index contributed by atoms with van der Waals surface area (Å²) in [4.78, 5) is 12.4. The van der Waals surface area contributed by atoms with Crippen LogP contribution in [0.2, 0.25) is 0 Å². The van der Waals surface area contributed by atoms with E-state index in [9.17, 15) is 4.79 Å². The van der Waals surface area contributed by atoms with Crippen LogP contribution in [0.3, 0.4) is 0 Å². The van der Waals surface area contributed by atoms with E-state index in [0.717, 1.165) is 0 Å². The summed E-state index contributed by atoms with van der Waals surface area (Å²) in [6, 6.07) is 12.0. The number of methoxy groups -OCH3 is 2. The van der Waals surface area contributed by atoms with Gasteiger partial charge in [0.1, 0.15) is 23.9 Å². The topological polar surface area (TPSA) is 78.1 Å². The van der Waals surface area contributed by atoms with Gasteiger partial charge in [-0.3, -0.25) is 10.1 Å². The summed E-state index contributed by atoms with van der Waals surface area (Å²) < 4.78 is 21.2. The molecule has 0 bridgehead atoms. The van der Waals surface area contributed by atoms with Crippen LogP contribution in [-0.4, -0.2) is 45.1 Å². The minimum absolute atomic E-state index is 0.147. The van der Waals surface area contributed by atoms with Crippen LogP contribution in [0.25, 0.3) is 0 Å². The molecule has 0 atom stereocenters. The number of carbonyl (C=O) groups is 1. The van der Waals surface area contributed by atoms with E-state index >= 15 is 0 Å². The van der Waals surface area contributed by atoms with Gasteiger partial charge in [0.25, 0.3) is 5.91 Å². The molecule has 8 heteroatoms. The van der Waals surface area contributed by atoms with E-state index in [1.165, 1.54) is 0 Å². The van der Waals surface area contributed by atoms with Crippen molar-refractivity contribution < 1.29 is 23.7 Å². The lowest BCUT2D eigenvalue weighted by Gasteiger charge is -2.14. The van der Waals surface area contributed by atoms with Gasteiger partial charge in [-0.15, -0.1) is 0 Å². The summed E-state index contributed by atoms with van der Waals surface area (Å²) in [6.07, 6.45) is 0. The zero-order valence-electron chi connectivity index (χ0n) is 16.1. The molecule has 0 radical (unpaired) electrons. The van der Waals surface area contributed by atoms with Crippen molar-refractivity contribution in [2.24, 2.45) is 0 Å². The molecule has 0 heterocycles. The maximum atomic E-state index is 12.4.